The van der Waals surface area contributed by atoms with Gasteiger partial charge in [-0.1, -0.05) is 33.1 Å². The number of amides is 1. The van der Waals surface area contributed by atoms with Crippen molar-refractivity contribution >= 4 is 5.91 Å². The second-order valence-electron chi connectivity index (χ2n) is 3.24. The first kappa shape index (κ1) is 11.5. The summed E-state index contributed by atoms with van der Waals surface area (Å²) in [5.41, 5.74) is 0. The fourth-order valence-electron chi connectivity index (χ4n) is 1.41. The van der Waals surface area contributed by atoms with Gasteiger partial charge in [-0.2, -0.15) is 0 Å². The molecule has 2 heteroatoms. The Bertz CT molecular complexity index is 123. The van der Waals surface area contributed by atoms with Gasteiger partial charge in [-0.05, 0) is 12.8 Å². The van der Waals surface area contributed by atoms with E-state index in [0.717, 1.165) is 25.7 Å². The molecule has 1 N–H and O–H groups in total. The molecular formula is C10H21NO. The smallest absolute Gasteiger partial charge is 0.222 e. The van der Waals surface area contributed by atoms with Crippen LogP contribution in [0.3, 0.4) is 0 Å². The Balaban J connectivity index is 3.76. The average molecular weight is 171 g/mol. The van der Waals surface area contributed by atoms with Gasteiger partial charge in [0.2, 0.25) is 5.91 Å². The minimum absolute atomic E-state index is 0.213. The molecule has 0 aliphatic carbocycles. The van der Waals surface area contributed by atoms with Crippen LogP contribution in [-0.4, -0.2) is 13.0 Å². The summed E-state index contributed by atoms with van der Waals surface area (Å²) < 4.78 is 0. The van der Waals surface area contributed by atoms with E-state index in [1.807, 2.05) is 0 Å². The van der Waals surface area contributed by atoms with Crippen molar-refractivity contribution in [3.63, 3.8) is 0 Å². The van der Waals surface area contributed by atoms with E-state index in [4.69, 9.17) is 0 Å². The minimum Gasteiger partial charge on any atom is -0.359 e. The monoisotopic (exact) mass is 171 g/mol. The molecule has 0 rings (SSSR count). The molecule has 0 fully saturated rings. The number of hydrogen-bond donors (Lipinski definition) is 1. The molecule has 1 atom stereocenters. The van der Waals surface area contributed by atoms with E-state index in [9.17, 15) is 4.79 Å². The largest absolute Gasteiger partial charge is 0.359 e. The second kappa shape index (κ2) is 7.14. The molecule has 72 valence electrons. The van der Waals surface area contributed by atoms with Crippen molar-refractivity contribution in [2.75, 3.05) is 7.05 Å². The molecular weight excluding hydrogens is 150 g/mol. The third-order valence-corrected chi connectivity index (χ3v) is 2.16. The van der Waals surface area contributed by atoms with Gasteiger partial charge in [0.1, 0.15) is 0 Å². The summed E-state index contributed by atoms with van der Waals surface area (Å²) in [5.74, 6) is 0.463. The van der Waals surface area contributed by atoms with Crippen molar-refractivity contribution in [3.8, 4) is 0 Å². The second-order valence-corrected chi connectivity index (χ2v) is 3.24. The van der Waals surface area contributed by atoms with Crippen LogP contribution in [0.25, 0.3) is 0 Å². The Morgan fingerprint density at radius 1 is 1.25 bits per heavy atom. The summed E-state index contributed by atoms with van der Waals surface area (Å²) in [4.78, 5) is 11.3. The van der Waals surface area contributed by atoms with Crippen LogP contribution < -0.4 is 5.32 Å². The summed E-state index contributed by atoms with van der Waals surface area (Å²) in [6.07, 6.45) is 5.51. The number of nitrogens with one attached hydrogen (secondary N) is 1. The molecule has 0 aromatic heterocycles. The maximum Gasteiger partial charge on any atom is 0.222 e. The highest BCUT2D eigenvalue weighted by molar-refractivity contribution is 5.78. The average Bonchev–Trinajstić information content (AvgIpc) is 2.11. The fourth-order valence-corrected chi connectivity index (χ4v) is 1.41. The third-order valence-electron chi connectivity index (χ3n) is 2.16. The van der Waals surface area contributed by atoms with Gasteiger partial charge >= 0.3 is 0 Å². The maximum atomic E-state index is 11.3. The summed E-state index contributed by atoms with van der Waals surface area (Å²) in [6, 6.07) is 0. The number of hydrogen-bond acceptors (Lipinski definition) is 1. The molecule has 1 amide bonds. The SMILES string of the molecule is CCCCC(CCC)C(=O)NC. The van der Waals surface area contributed by atoms with Crippen LogP contribution in [0.5, 0.6) is 0 Å². The number of carbonyl (C=O) groups is 1. The highest BCUT2D eigenvalue weighted by atomic mass is 16.1. The van der Waals surface area contributed by atoms with Crippen molar-refractivity contribution in [3.05, 3.63) is 0 Å². The Morgan fingerprint density at radius 2 is 1.92 bits per heavy atom. The first-order valence-corrected chi connectivity index (χ1v) is 4.97. The van der Waals surface area contributed by atoms with Crippen LogP contribution in [0, 0.1) is 5.92 Å². The van der Waals surface area contributed by atoms with E-state index < -0.39 is 0 Å². The van der Waals surface area contributed by atoms with Gasteiger partial charge in [-0.25, -0.2) is 0 Å². The molecule has 0 bridgehead atoms. The predicted molar refractivity (Wildman–Crippen MR) is 52.0 cm³/mol. The highest BCUT2D eigenvalue weighted by Crippen LogP contribution is 2.14. The van der Waals surface area contributed by atoms with Crippen molar-refractivity contribution in [2.45, 2.75) is 46.0 Å². The van der Waals surface area contributed by atoms with Gasteiger partial charge < -0.3 is 5.32 Å². The van der Waals surface area contributed by atoms with Gasteiger partial charge in [0.05, 0.1) is 0 Å². The van der Waals surface area contributed by atoms with Crippen LogP contribution in [0.4, 0.5) is 0 Å². The lowest BCUT2D eigenvalue weighted by Crippen LogP contribution is -2.27. The molecule has 12 heavy (non-hydrogen) atoms. The normalized spacial score (nSPS) is 12.6. The first-order chi connectivity index (χ1) is 5.76. The predicted octanol–water partition coefficient (Wildman–Crippen LogP) is 2.34. The molecule has 1 unspecified atom stereocenters. The van der Waals surface area contributed by atoms with Gasteiger partial charge in [0.25, 0.3) is 0 Å². The molecule has 0 aromatic rings. The van der Waals surface area contributed by atoms with Crippen molar-refractivity contribution in [2.24, 2.45) is 5.92 Å². The van der Waals surface area contributed by atoms with E-state index in [0.29, 0.717) is 0 Å². The summed E-state index contributed by atoms with van der Waals surface area (Å²) in [5, 5.41) is 2.72. The van der Waals surface area contributed by atoms with Crippen LogP contribution in [0.1, 0.15) is 46.0 Å². The maximum absolute atomic E-state index is 11.3. The molecule has 0 spiro atoms. The van der Waals surface area contributed by atoms with E-state index in [1.165, 1.54) is 6.42 Å². The van der Waals surface area contributed by atoms with Gasteiger partial charge in [-0.3, -0.25) is 4.79 Å². The molecule has 2 nitrogen and oxygen atoms in total. The topological polar surface area (TPSA) is 29.1 Å². The quantitative estimate of drug-likeness (QED) is 0.653. The number of unbranched alkanes of at least 4 members (excludes halogenated alkanes) is 1. The van der Waals surface area contributed by atoms with E-state index in [-0.39, 0.29) is 11.8 Å². The van der Waals surface area contributed by atoms with E-state index in [1.54, 1.807) is 7.05 Å². The summed E-state index contributed by atoms with van der Waals surface area (Å²) in [6.45, 7) is 4.29. The molecule has 0 heterocycles. The first-order valence-electron chi connectivity index (χ1n) is 4.97. The Morgan fingerprint density at radius 3 is 2.33 bits per heavy atom. The molecule has 0 aliphatic rings. The lowest BCUT2D eigenvalue weighted by Gasteiger charge is -2.13. The fraction of sp³-hybridized carbons (Fsp3) is 0.900. The van der Waals surface area contributed by atoms with Gasteiger partial charge in [-0.15, -0.1) is 0 Å². The molecule has 0 saturated heterocycles. The van der Waals surface area contributed by atoms with Crippen LogP contribution in [-0.2, 0) is 4.79 Å². The zero-order valence-corrected chi connectivity index (χ0v) is 8.52. The lowest BCUT2D eigenvalue weighted by molar-refractivity contribution is -0.124. The molecule has 0 aromatic carbocycles. The Kier molecular flexibility index (Phi) is 6.82. The van der Waals surface area contributed by atoms with E-state index >= 15 is 0 Å². The zero-order valence-electron chi connectivity index (χ0n) is 8.52. The summed E-state index contributed by atoms with van der Waals surface area (Å²) in [7, 11) is 1.72. The standard InChI is InChI=1S/C10H21NO/c1-4-6-8-9(7-5-2)10(12)11-3/h9H,4-8H2,1-3H3,(H,11,12). The minimum atomic E-state index is 0.213. The highest BCUT2D eigenvalue weighted by Gasteiger charge is 2.14. The number of rotatable bonds is 6. The van der Waals surface area contributed by atoms with Crippen molar-refractivity contribution < 1.29 is 4.79 Å². The molecule has 0 radical (unpaired) electrons. The molecule has 0 aliphatic heterocycles. The van der Waals surface area contributed by atoms with Crippen molar-refractivity contribution in [1.29, 1.82) is 0 Å². The lowest BCUT2D eigenvalue weighted by atomic mass is 9.96. The third kappa shape index (κ3) is 4.37. The van der Waals surface area contributed by atoms with Gasteiger partial charge in [0, 0.05) is 13.0 Å². The van der Waals surface area contributed by atoms with Gasteiger partial charge in [0.15, 0.2) is 0 Å². The zero-order chi connectivity index (χ0) is 9.40. The number of carbonyl (C=O) groups excluding carboxylic acids is 1. The van der Waals surface area contributed by atoms with E-state index in [2.05, 4.69) is 19.2 Å². The van der Waals surface area contributed by atoms with Crippen LogP contribution in [0.15, 0.2) is 0 Å². The van der Waals surface area contributed by atoms with Crippen LogP contribution in [0.2, 0.25) is 0 Å². The van der Waals surface area contributed by atoms with Crippen LogP contribution >= 0.6 is 0 Å². The molecule has 0 saturated carbocycles. The summed E-state index contributed by atoms with van der Waals surface area (Å²) >= 11 is 0. The Labute approximate surface area is 75.7 Å². The van der Waals surface area contributed by atoms with Crippen molar-refractivity contribution in [1.82, 2.24) is 5.32 Å². The Hall–Kier alpha value is -0.530.